The first kappa shape index (κ1) is 16.4. The van der Waals surface area contributed by atoms with Crippen molar-refractivity contribution in [3.8, 4) is 0 Å². The Bertz CT molecular complexity index is 847. The SMILES string of the molecule is O=C(O)c1cccc(S(=O)(=O)N2CCOC3CS(=O)(=O)CC32)c1. The van der Waals surface area contributed by atoms with Gasteiger partial charge in [-0.15, -0.1) is 0 Å². The smallest absolute Gasteiger partial charge is 0.335 e. The first-order valence-corrected chi connectivity index (χ1v) is 10.1. The van der Waals surface area contributed by atoms with Gasteiger partial charge in [0.1, 0.15) is 0 Å². The van der Waals surface area contributed by atoms with Gasteiger partial charge in [-0.3, -0.25) is 0 Å². The molecule has 8 nitrogen and oxygen atoms in total. The summed E-state index contributed by atoms with van der Waals surface area (Å²) in [5.74, 6) is -1.71. The van der Waals surface area contributed by atoms with E-state index in [0.29, 0.717) is 0 Å². The molecule has 2 saturated heterocycles. The number of sulfone groups is 1. The molecule has 0 spiro atoms. The van der Waals surface area contributed by atoms with E-state index in [4.69, 9.17) is 9.84 Å². The van der Waals surface area contributed by atoms with Crippen molar-refractivity contribution in [2.45, 2.75) is 17.0 Å². The molecule has 23 heavy (non-hydrogen) atoms. The maximum Gasteiger partial charge on any atom is 0.335 e. The number of nitrogens with zero attached hydrogens (tertiary/aromatic N) is 1. The summed E-state index contributed by atoms with van der Waals surface area (Å²) in [5.41, 5.74) is -0.144. The van der Waals surface area contributed by atoms with E-state index in [9.17, 15) is 21.6 Å². The van der Waals surface area contributed by atoms with E-state index in [1.54, 1.807) is 0 Å². The number of carbonyl (C=O) groups is 1. The maximum absolute atomic E-state index is 12.8. The number of carboxylic acid groups (broad SMARTS) is 1. The number of morpholine rings is 1. The molecule has 2 aliphatic heterocycles. The summed E-state index contributed by atoms with van der Waals surface area (Å²) in [6.45, 7) is 0.144. The Morgan fingerprint density at radius 2 is 2.04 bits per heavy atom. The number of rotatable bonds is 3. The minimum atomic E-state index is -4.00. The van der Waals surface area contributed by atoms with Gasteiger partial charge in [-0.1, -0.05) is 6.07 Å². The van der Waals surface area contributed by atoms with E-state index in [-0.39, 0.29) is 35.1 Å². The van der Waals surface area contributed by atoms with Crippen LogP contribution in [0.3, 0.4) is 0 Å². The fraction of sp³-hybridized carbons (Fsp3) is 0.462. The Hall–Kier alpha value is -1.49. The molecule has 1 aromatic rings. The summed E-state index contributed by atoms with van der Waals surface area (Å²) in [7, 11) is -7.35. The first-order valence-electron chi connectivity index (χ1n) is 6.88. The zero-order valence-electron chi connectivity index (χ0n) is 12.0. The fourth-order valence-electron chi connectivity index (χ4n) is 2.91. The number of benzene rings is 1. The van der Waals surface area contributed by atoms with Crippen LogP contribution >= 0.6 is 0 Å². The van der Waals surface area contributed by atoms with Crippen LogP contribution in [0.1, 0.15) is 10.4 Å². The number of aromatic carboxylic acids is 1. The third-order valence-electron chi connectivity index (χ3n) is 3.97. The topological polar surface area (TPSA) is 118 Å². The lowest BCUT2D eigenvalue weighted by molar-refractivity contribution is -0.0141. The standard InChI is InChI=1S/C13H15NO7S2/c15-13(16)9-2-1-3-10(6-9)23(19,20)14-4-5-21-12-8-22(17,18)7-11(12)14/h1-3,6,11-12H,4-5,7-8H2,(H,15,16). The predicted molar refractivity (Wildman–Crippen MR) is 79.5 cm³/mol. The van der Waals surface area contributed by atoms with Gasteiger partial charge < -0.3 is 9.84 Å². The molecule has 2 atom stereocenters. The quantitative estimate of drug-likeness (QED) is 0.776. The lowest BCUT2D eigenvalue weighted by Crippen LogP contribution is -2.53. The summed E-state index contributed by atoms with van der Waals surface area (Å²) in [6, 6.07) is 4.25. The lowest BCUT2D eigenvalue weighted by Gasteiger charge is -2.35. The zero-order valence-corrected chi connectivity index (χ0v) is 13.6. The molecule has 0 bridgehead atoms. The maximum atomic E-state index is 12.8. The average molecular weight is 361 g/mol. The number of hydrogen-bond acceptors (Lipinski definition) is 6. The van der Waals surface area contributed by atoms with Crippen molar-refractivity contribution >= 4 is 25.8 Å². The molecule has 2 aliphatic rings. The molecule has 3 rings (SSSR count). The molecule has 2 fully saturated rings. The molecular formula is C13H15NO7S2. The second-order valence-electron chi connectivity index (χ2n) is 5.50. The molecule has 2 unspecified atom stereocenters. The van der Waals surface area contributed by atoms with Crippen molar-refractivity contribution in [3.63, 3.8) is 0 Å². The molecule has 0 amide bonds. The van der Waals surface area contributed by atoms with Gasteiger partial charge >= 0.3 is 5.97 Å². The van der Waals surface area contributed by atoms with Crippen molar-refractivity contribution in [3.05, 3.63) is 29.8 Å². The molecule has 2 heterocycles. The summed E-state index contributed by atoms with van der Waals surface area (Å²) < 4.78 is 55.6. The third-order valence-corrected chi connectivity index (χ3v) is 7.58. The number of ether oxygens (including phenoxy) is 1. The Kier molecular flexibility index (Phi) is 3.95. The van der Waals surface area contributed by atoms with Gasteiger partial charge in [0.25, 0.3) is 0 Å². The molecule has 0 aliphatic carbocycles. The second-order valence-corrected chi connectivity index (χ2v) is 9.55. The Balaban J connectivity index is 1.99. The van der Waals surface area contributed by atoms with Gasteiger partial charge in [0.2, 0.25) is 10.0 Å². The second kappa shape index (κ2) is 5.55. The van der Waals surface area contributed by atoms with Crippen LogP contribution in [0.2, 0.25) is 0 Å². The van der Waals surface area contributed by atoms with Crippen molar-refractivity contribution < 1.29 is 31.5 Å². The molecule has 0 aromatic heterocycles. The number of fused-ring (bicyclic) bond motifs is 1. The number of hydrogen-bond donors (Lipinski definition) is 1. The van der Waals surface area contributed by atoms with Crippen LogP contribution in [0.5, 0.6) is 0 Å². The largest absolute Gasteiger partial charge is 0.478 e. The minimum absolute atomic E-state index is 0.0380. The van der Waals surface area contributed by atoms with E-state index in [2.05, 4.69) is 0 Å². The molecule has 0 radical (unpaired) electrons. The van der Waals surface area contributed by atoms with Crippen LogP contribution in [0, 0.1) is 0 Å². The fourth-order valence-corrected chi connectivity index (χ4v) is 6.55. The van der Waals surface area contributed by atoms with E-state index in [1.807, 2.05) is 0 Å². The number of sulfonamides is 1. The van der Waals surface area contributed by atoms with Crippen molar-refractivity contribution in [2.75, 3.05) is 24.7 Å². The summed E-state index contributed by atoms with van der Waals surface area (Å²) in [4.78, 5) is 10.9. The summed E-state index contributed by atoms with van der Waals surface area (Å²) in [6.07, 6.45) is -0.675. The van der Waals surface area contributed by atoms with Crippen molar-refractivity contribution in [1.82, 2.24) is 4.31 Å². The van der Waals surface area contributed by atoms with Crippen LogP contribution < -0.4 is 0 Å². The highest BCUT2D eigenvalue weighted by Gasteiger charge is 2.48. The average Bonchev–Trinajstić information content (AvgIpc) is 2.80. The van der Waals surface area contributed by atoms with Crippen LogP contribution in [0.15, 0.2) is 29.2 Å². The van der Waals surface area contributed by atoms with E-state index in [0.717, 1.165) is 10.4 Å². The molecule has 126 valence electrons. The molecule has 0 saturated carbocycles. The van der Waals surface area contributed by atoms with Crippen LogP contribution in [0.4, 0.5) is 0 Å². The Morgan fingerprint density at radius 1 is 1.30 bits per heavy atom. The molecular weight excluding hydrogens is 346 g/mol. The molecule has 10 heteroatoms. The molecule has 1 aromatic carbocycles. The highest BCUT2D eigenvalue weighted by molar-refractivity contribution is 7.92. The van der Waals surface area contributed by atoms with Gasteiger partial charge in [0.15, 0.2) is 9.84 Å². The van der Waals surface area contributed by atoms with Gasteiger partial charge in [-0.25, -0.2) is 21.6 Å². The van der Waals surface area contributed by atoms with Crippen LogP contribution in [0.25, 0.3) is 0 Å². The van der Waals surface area contributed by atoms with Gasteiger partial charge in [-0.05, 0) is 18.2 Å². The normalized spacial score (nSPS) is 27.5. The van der Waals surface area contributed by atoms with Crippen LogP contribution in [-0.4, -0.2) is 69.0 Å². The van der Waals surface area contributed by atoms with E-state index < -0.39 is 38.0 Å². The van der Waals surface area contributed by atoms with E-state index >= 15 is 0 Å². The third kappa shape index (κ3) is 2.99. The monoisotopic (exact) mass is 361 g/mol. The van der Waals surface area contributed by atoms with Crippen LogP contribution in [-0.2, 0) is 24.6 Å². The predicted octanol–water partition coefficient (Wildman–Crippen LogP) is -0.429. The van der Waals surface area contributed by atoms with Crippen molar-refractivity contribution in [1.29, 1.82) is 0 Å². The highest BCUT2D eigenvalue weighted by atomic mass is 32.2. The highest BCUT2D eigenvalue weighted by Crippen LogP contribution is 2.29. The van der Waals surface area contributed by atoms with Gasteiger partial charge in [-0.2, -0.15) is 4.31 Å². The van der Waals surface area contributed by atoms with Gasteiger partial charge in [0.05, 0.1) is 40.7 Å². The Labute approximate surface area is 133 Å². The Morgan fingerprint density at radius 3 is 2.74 bits per heavy atom. The zero-order chi connectivity index (χ0) is 16.8. The lowest BCUT2D eigenvalue weighted by atomic mass is 10.2. The van der Waals surface area contributed by atoms with Crippen molar-refractivity contribution in [2.24, 2.45) is 0 Å². The minimum Gasteiger partial charge on any atom is -0.478 e. The molecule has 1 N–H and O–H groups in total. The first-order chi connectivity index (χ1) is 10.7. The van der Waals surface area contributed by atoms with Gasteiger partial charge in [0, 0.05) is 6.54 Å². The summed E-state index contributed by atoms with van der Waals surface area (Å²) in [5, 5.41) is 9.00. The summed E-state index contributed by atoms with van der Waals surface area (Å²) >= 11 is 0. The number of carboxylic acids is 1. The van der Waals surface area contributed by atoms with E-state index in [1.165, 1.54) is 18.2 Å².